The lowest BCUT2D eigenvalue weighted by atomic mass is 10.2. The molecule has 3 aromatic rings. The van der Waals surface area contributed by atoms with Gasteiger partial charge in [0.05, 0.1) is 19.3 Å². The van der Waals surface area contributed by atoms with Crippen LogP contribution in [0.2, 0.25) is 0 Å². The molecule has 0 spiro atoms. The number of benzene rings is 1. The van der Waals surface area contributed by atoms with Crippen LogP contribution in [0.25, 0.3) is 0 Å². The summed E-state index contributed by atoms with van der Waals surface area (Å²) in [6, 6.07) is 14.9. The van der Waals surface area contributed by atoms with E-state index in [9.17, 15) is 4.79 Å². The van der Waals surface area contributed by atoms with Crippen molar-refractivity contribution in [2.45, 2.75) is 20.0 Å². The van der Waals surface area contributed by atoms with Crippen LogP contribution in [0.3, 0.4) is 0 Å². The third kappa shape index (κ3) is 5.01. The van der Waals surface area contributed by atoms with Gasteiger partial charge in [-0.3, -0.25) is 9.78 Å². The number of pyridine rings is 1. The normalized spacial score (nSPS) is 10.3. The molecule has 0 aliphatic heterocycles. The van der Waals surface area contributed by atoms with E-state index in [1.807, 2.05) is 42.5 Å². The molecular formula is C20H21N5O2. The zero-order chi connectivity index (χ0) is 19.1. The minimum absolute atomic E-state index is 0.271. The summed E-state index contributed by atoms with van der Waals surface area (Å²) in [6.45, 7) is 2.62. The molecule has 0 atom stereocenters. The van der Waals surface area contributed by atoms with Gasteiger partial charge in [0.25, 0.3) is 5.91 Å². The van der Waals surface area contributed by atoms with E-state index in [1.54, 1.807) is 26.3 Å². The first-order chi connectivity index (χ1) is 13.2. The van der Waals surface area contributed by atoms with Gasteiger partial charge in [-0.2, -0.15) is 0 Å². The number of carbonyl (C=O) groups excluding carboxylic acids is 1. The highest BCUT2D eigenvalue weighted by Crippen LogP contribution is 2.17. The fraction of sp³-hybridized carbons (Fsp3) is 0.200. The molecule has 0 bridgehead atoms. The van der Waals surface area contributed by atoms with E-state index in [0.29, 0.717) is 30.4 Å². The first-order valence-corrected chi connectivity index (χ1v) is 8.55. The summed E-state index contributed by atoms with van der Waals surface area (Å²) < 4.78 is 5.30. The van der Waals surface area contributed by atoms with Gasteiger partial charge in [-0.05, 0) is 25.1 Å². The van der Waals surface area contributed by atoms with E-state index in [4.69, 9.17) is 4.74 Å². The fourth-order valence-electron chi connectivity index (χ4n) is 2.57. The van der Waals surface area contributed by atoms with Gasteiger partial charge in [0.2, 0.25) is 0 Å². The van der Waals surface area contributed by atoms with Crippen molar-refractivity contribution in [1.82, 2.24) is 20.3 Å². The number of methoxy groups -OCH3 is 1. The summed E-state index contributed by atoms with van der Waals surface area (Å²) in [5.41, 5.74) is 2.09. The maximum atomic E-state index is 12.5. The molecule has 0 unspecified atom stereocenters. The zero-order valence-electron chi connectivity index (χ0n) is 15.3. The number of carbonyl (C=O) groups is 1. The van der Waals surface area contributed by atoms with Gasteiger partial charge in [0, 0.05) is 24.4 Å². The van der Waals surface area contributed by atoms with Crippen LogP contribution >= 0.6 is 0 Å². The van der Waals surface area contributed by atoms with Gasteiger partial charge in [-0.25, -0.2) is 9.97 Å². The van der Waals surface area contributed by atoms with Crippen molar-refractivity contribution in [3.05, 3.63) is 77.5 Å². The number of aryl methyl sites for hydroxylation is 1. The average Bonchev–Trinajstić information content (AvgIpc) is 2.71. The molecule has 0 aliphatic rings. The van der Waals surface area contributed by atoms with E-state index in [0.717, 1.165) is 17.0 Å². The highest BCUT2D eigenvalue weighted by molar-refractivity contribution is 5.92. The van der Waals surface area contributed by atoms with Crippen molar-refractivity contribution in [1.29, 1.82) is 0 Å². The SMILES string of the molecule is COc1ccccc1CNC(=O)c1cc(NCc2ccccn2)nc(C)n1. The molecule has 0 fully saturated rings. The lowest BCUT2D eigenvalue weighted by Crippen LogP contribution is -2.24. The Labute approximate surface area is 157 Å². The minimum atomic E-state index is -0.271. The number of anilines is 1. The molecule has 7 nitrogen and oxygen atoms in total. The third-order valence-electron chi connectivity index (χ3n) is 3.88. The first kappa shape index (κ1) is 18.3. The second-order valence-corrected chi connectivity index (χ2v) is 5.85. The molecule has 27 heavy (non-hydrogen) atoms. The highest BCUT2D eigenvalue weighted by Gasteiger charge is 2.11. The maximum Gasteiger partial charge on any atom is 0.270 e. The Hall–Kier alpha value is -3.48. The lowest BCUT2D eigenvalue weighted by Gasteiger charge is -2.11. The van der Waals surface area contributed by atoms with Gasteiger partial charge in [0.1, 0.15) is 23.1 Å². The summed E-state index contributed by atoms with van der Waals surface area (Å²) >= 11 is 0. The van der Waals surface area contributed by atoms with Gasteiger partial charge < -0.3 is 15.4 Å². The smallest absolute Gasteiger partial charge is 0.270 e. The molecule has 2 aromatic heterocycles. The van der Waals surface area contributed by atoms with Crippen molar-refractivity contribution in [2.24, 2.45) is 0 Å². The molecule has 3 rings (SSSR count). The van der Waals surface area contributed by atoms with Crippen LogP contribution in [0.1, 0.15) is 27.6 Å². The van der Waals surface area contributed by atoms with E-state index in [1.165, 1.54) is 0 Å². The molecule has 0 saturated heterocycles. The quantitative estimate of drug-likeness (QED) is 0.671. The van der Waals surface area contributed by atoms with E-state index < -0.39 is 0 Å². The van der Waals surface area contributed by atoms with Crippen LogP contribution in [-0.2, 0) is 13.1 Å². The Morgan fingerprint density at radius 3 is 2.67 bits per heavy atom. The average molecular weight is 363 g/mol. The first-order valence-electron chi connectivity index (χ1n) is 8.55. The number of amides is 1. The third-order valence-corrected chi connectivity index (χ3v) is 3.88. The van der Waals surface area contributed by atoms with E-state index in [2.05, 4.69) is 25.6 Å². The summed E-state index contributed by atoms with van der Waals surface area (Å²) in [4.78, 5) is 25.3. The number of aromatic nitrogens is 3. The number of rotatable bonds is 7. The summed E-state index contributed by atoms with van der Waals surface area (Å²) in [7, 11) is 1.61. The molecular weight excluding hydrogens is 342 g/mol. The van der Waals surface area contributed by atoms with Gasteiger partial charge in [-0.15, -0.1) is 0 Å². The molecule has 138 valence electrons. The zero-order valence-corrected chi connectivity index (χ0v) is 15.3. The standard InChI is InChI=1S/C20H21N5O2/c1-14-24-17(11-19(25-14)22-13-16-8-5-6-10-21-16)20(26)23-12-15-7-3-4-9-18(15)27-2/h3-11H,12-13H2,1-2H3,(H,23,26)(H,22,24,25). The number of hydrogen-bond donors (Lipinski definition) is 2. The summed E-state index contributed by atoms with van der Waals surface area (Å²) in [6.07, 6.45) is 1.74. The van der Waals surface area contributed by atoms with Crippen LogP contribution in [0.4, 0.5) is 5.82 Å². The molecule has 0 saturated carbocycles. The number of hydrogen-bond acceptors (Lipinski definition) is 6. The lowest BCUT2D eigenvalue weighted by molar-refractivity contribution is 0.0945. The predicted octanol–water partition coefficient (Wildman–Crippen LogP) is 2.73. The topological polar surface area (TPSA) is 89.0 Å². The van der Waals surface area contributed by atoms with Gasteiger partial charge >= 0.3 is 0 Å². The Bertz CT molecular complexity index is 915. The molecule has 2 heterocycles. The second kappa shape index (κ2) is 8.75. The molecule has 0 radical (unpaired) electrons. The van der Waals surface area contributed by atoms with Crippen molar-refractivity contribution in [2.75, 3.05) is 12.4 Å². The highest BCUT2D eigenvalue weighted by atomic mass is 16.5. The second-order valence-electron chi connectivity index (χ2n) is 5.85. The van der Waals surface area contributed by atoms with E-state index >= 15 is 0 Å². The van der Waals surface area contributed by atoms with Crippen LogP contribution in [0.15, 0.2) is 54.7 Å². The number of ether oxygens (including phenoxy) is 1. The van der Waals surface area contributed by atoms with Crippen molar-refractivity contribution in [3.8, 4) is 5.75 Å². The summed E-state index contributed by atoms with van der Waals surface area (Å²) in [5.74, 6) is 1.56. The van der Waals surface area contributed by atoms with E-state index in [-0.39, 0.29) is 5.91 Å². The van der Waals surface area contributed by atoms with Gasteiger partial charge in [0.15, 0.2) is 0 Å². The Kier molecular flexibility index (Phi) is 5.94. The molecule has 1 amide bonds. The van der Waals surface area contributed by atoms with Crippen molar-refractivity contribution >= 4 is 11.7 Å². The number of para-hydroxylation sites is 1. The monoisotopic (exact) mass is 363 g/mol. The minimum Gasteiger partial charge on any atom is -0.496 e. The maximum absolute atomic E-state index is 12.5. The molecule has 2 N–H and O–H groups in total. The summed E-state index contributed by atoms with van der Waals surface area (Å²) in [5, 5.41) is 6.04. The van der Waals surface area contributed by atoms with Gasteiger partial charge in [-0.1, -0.05) is 24.3 Å². The van der Waals surface area contributed by atoms with Crippen LogP contribution < -0.4 is 15.4 Å². The predicted molar refractivity (Wildman–Crippen MR) is 102 cm³/mol. The Morgan fingerprint density at radius 2 is 1.89 bits per heavy atom. The Morgan fingerprint density at radius 1 is 1.07 bits per heavy atom. The van der Waals surface area contributed by atoms with Crippen molar-refractivity contribution < 1.29 is 9.53 Å². The van der Waals surface area contributed by atoms with Crippen LogP contribution in [0.5, 0.6) is 5.75 Å². The number of nitrogens with zero attached hydrogens (tertiary/aromatic N) is 3. The molecule has 1 aromatic carbocycles. The molecule has 7 heteroatoms. The molecule has 0 aliphatic carbocycles. The largest absolute Gasteiger partial charge is 0.496 e. The van der Waals surface area contributed by atoms with Crippen LogP contribution in [0, 0.1) is 6.92 Å². The fourth-order valence-corrected chi connectivity index (χ4v) is 2.57. The Balaban J connectivity index is 1.66. The number of nitrogens with one attached hydrogen (secondary N) is 2. The van der Waals surface area contributed by atoms with Crippen molar-refractivity contribution in [3.63, 3.8) is 0 Å². The van der Waals surface area contributed by atoms with Crippen LogP contribution in [-0.4, -0.2) is 28.0 Å².